The summed E-state index contributed by atoms with van der Waals surface area (Å²) in [6.07, 6.45) is 1.11. The van der Waals surface area contributed by atoms with Crippen molar-refractivity contribution in [1.29, 1.82) is 0 Å². The first kappa shape index (κ1) is 14.7. The molecule has 2 amide bonds. The predicted molar refractivity (Wildman–Crippen MR) is 63.1 cm³/mol. The van der Waals surface area contributed by atoms with Crippen LogP contribution in [0.1, 0.15) is 32.1 Å². The van der Waals surface area contributed by atoms with E-state index in [1.165, 1.54) is 0 Å². The molecular formula is C11H20N2O5. The van der Waals surface area contributed by atoms with Gasteiger partial charge in [-0.3, -0.25) is 0 Å². The van der Waals surface area contributed by atoms with Crippen LogP contribution in [0.2, 0.25) is 0 Å². The van der Waals surface area contributed by atoms with Crippen LogP contribution >= 0.6 is 0 Å². The molecule has 7 heteroatoms. The van der Waals surface area contributed by atoms with E-state index < -0.39 is 12.1 Å². The van der Waals surface area contributed by atoms with Crippen molar-refractivity contribution < 1.29 is 24.9 Å². The molecule has 104 valence electrons. The topological polar surface area (TPSA) is 119 Å². The molecule has 18 heavy (non-hydrogen) atoms. The van der Waals surface area contributed by atoms with Gasteiger partial charge in [-0.05, 0) is 25.7 Å². The third kappa shape index (κ3) is 5.33. The molecule has 0 aliphatic heterocycles. The quantitative estimate of drug-likeness (QED) is 0.453. The number of aliphatic hydroxyl groups excluding tert-OH is 2. The number of hydrogen-bond acceptors (Lipinski definition) is 4. The number of aliphatic hydroxyl groups is 2. The average Bonchev–Trinajstić information content (AvgIpc) is 2.32. The van der Waals surface area contributed by atoms with Gasteiger partial charge >= 0.3 is 12.0 Å². The van der Waals surface area contributed by atoms with Crippen molar-refractivity contribution in [2.75, 3.05) is 6.54 Å². The third-order valence-corrected chi connectivity index (χ3v) is 3.02. The Morgan fingerprint density at radius 3 is 2.39 bits per heavy atom. The summed E-state index contributed by atoms with van der Waals surface area (Å²) in [7, 11) is 0. The van der Waals surface area contributed by atoms with Gasteiger partial charge in [0, 0.05) is 19.0 Å². The van der Waals surface area contributed by atoms with E-state index in [4.69, 9.17) is 10.2 Å². The van der Waals surface area contributed by atoms with Crippen molar-refractivity contribution in [2.24, 2.45) is 0 Å². The lowest BCUT2D eigenvalue weighted by atomic mass is 9.93. The van der Waals surface area contributed by atoms with Crippen LogP contribution in [0.25, 0.3) is 0 Å². The molecule has 0 aromatic heterocycles. The lowest BCUT2D eigenvalue weighted by Gasteiger charge is -2.26. The summed E-state index contributed by atoms with van der Waals surface area (Å²) < 4.78 is 0. The van der Waals surface area contributed by atoms with Crippen LogP contribution < -0.4 is 10.6 Å². The first-order valence-corrected chi connectivity index (χ1v) is 6.12. The molecule has 7 nitrogen and oxygen atoms in total. The molecule has 0 spiro atoms. The van der Waals surface area contributed by atoms with Gasteiger partial charge < -0.3 is 26.0 Å². The van der Waals surface area contributed by atoms with Crippen molar-refractivity contribution in [3.05, 3.63) is 0 Å². The van der Waals surface area contributed by atoms with Crippen molar-refractivity contribution in [3.63, 3.8) is 0 Å². The standard InChI is InChI=1S/C11H20N2O5/c14-8-3-1-7(2-4-8)13-11(18)12-6-5-9(15)10(16)17/h7-9,14-15H,1-6H2,(H,16,17)(H2,12,13,18)/t7?,8?,9-/m0/s1. The fourth-order valence-corrected chi connectivity index (χ4v) is 1.90. The molecule has 1 fully saturated rings. The lowest BCUT2D eigenvalue weighted by molar-refractivity contribution is -0.146. The highest BCUT2D eigenvalue weighted by Crippen LogP contribution is 2.17. The highest BCUT2D eigenvalue weighted by molar-refractivity contribution is 5.74. The summed E-state index contributed by atoms with van der Waals surface area (Å²) in [5, 5.41) is 32.0. The summed E-state index contributed by atoms with van der Waals surface area (Å²) in [6, 6.07) is -0.313. The SMILES string of the molecule is O=C(NCC[C@H](O)C(=O)O)NC1CCC(O)CC1. The second-order valence-electron chi connectivity index (χ2n) is 4.55. The summed E-state index contributed by atoms with van der Waals surface area (Å²) in [5.41, 5.74) is 0. The summed E-state index contributed by atoms with van der Waals surface area (Å²) in [4.78, 5) is 21.8. The van der Waals surface area contributed by atoms with E-state index in [9.17, 15) is 14.7 Å². The highest BCUT2D eigenvalue weighted by Gasteiger charge is 2.20. The lowest BCUT2D eigenvalue weighted by Crippen LogP contribution is -2.45. The zero-order valence-corrected chi connectivity index (χ0v) is 10.1. The highest BCUT2D eigenvalue weighted by atomic mass is 16.4. The van der Waals surface area contributed by atoms with E-state index in [2.05, 4.69) is 10.6 Å². The predicted octanol–water partition coefficient (Wildman–Crippen LogP) is -0.575. The van der Waals surface area contributed by atoms with Gasteiger partial charge in [0.25, 0.3) is 0 Å². The number of carboxylic acid groups (broad SMARTS) is 1. The van der Waals surface area contributed by atoms with Crippen LogP contribution in [0.3, 0.4) is 0 Å². The summed E-state index contributed by atoms with van der Waals surface area (Å²) in [6.45, 7) is 0.106. The molecule has 5 N–H and O–H groups in total. The molecule has 1 rings (SSSR count). The summed E-state index contributed by atoms with van der Waals surface area (Å²) >= 11 is 0. The second kappa shape index (κ2) is 7.17. The Hall–Kier alpha value is -1.34. The second-order valence-corrected chi connectivity index (χ2v) is 4.55. The van der Waals surface area contributed by atoms with Gasteiger partial charge in [-0.25, -0.2) is 9.59 Å². The van der Waals surface area contributed by atoms with E-state index in [1.54, 1.807) is 0 Å². The van der Waals surface area contributed by atoms with E-state index in [-0.39, 0.29) is 31.1 Å². The molecule has 0 radical (unpaired) electrons. The number of hydrogen-bond donors (Lipinski definition) is 5. The van der Waals surface area contributed by atoms with E-state index >= 15 is 0 Å². The van der Waals surface area contributed by atoms with E-state index in [0.29, 0.717) is 12.8 Å². The molecule has 0 saturated heterocycles. The van der Waals surface area contributed by atoms with E-state index in [0.717, 1.165) is 12.8 Å². The number of aliphatic carboxylic acids is 1. The molecule has 1 aliphatic rings. The molecule has 1 saturated carbocycles. The van der Waals surface area contributed by atoms with Gasteiger partial charge in [0.2, 0.25) is 0 Å². The maximum absolute atomic E-state index is 11.4. The zero-order chi connectivity index (χ0) is 13.5. The van der Waals surface area contributed by atoms with Gasteiger partial charge in [-0.15, -0.1) is 0 Å². The van der Waals surface area contributed by atoms with Crippen molar-refractivity contribution in [3.8, 4) is 0 Å². The van der Waals surface area contributed by atoms with Crippen LogP contribution in [0.15, 0.2) is 0 Å². The van der Waals surface area contributed by atoms with Gasteiger partial charge in [-0.1, -0.05) is 0 Å². The minimum absolute atomic E-state index is 0.0217. The fraction of sp³-hybridized carbons (Fsp3) is 0.818. The number of carbonyl (C=O) groups is 2. The van der Waals surface area contributed by atoms with Gasteiger partial charge in [-0.2, -0.15) is 0 Å². The van der Waals surface area contributed by atoms with Crippen molar-refractivity contribution in [1.82, 2.24) is 10.6 Å². The van der Waals surface area contributed by atoms with Crippen LogP contribution in [0.5, 0.6) is 0 Å². The Kier molecular flexibility index (Phi) is 5.87. The first-order chi connectivity index (χ1) is 8.49. The number of carbonyl (C=O) groups excluding carboxylic acids is 1. The Bertz CT molecular complexity index is 289. The maximum Gasteiger partial charge on any atom is 0.332 e. The number of rotatable bonds is 5. The van der Waals surface area contributed by atoms with Crippen LogP contribution in [-0.2, 0) is 4.79 Å². The van der Waals surface area contributed by atoms with Gasteiger partial charge in [0.15, 0.2) is 6.10 Å². The minimum atomic E-state index is -1.45. The molecular weight excluding hydrogens is 240 g/mol. The van der Waals surface area contributed by atoms with Crippen molar-refractivity contribution >= 4 is 12.0 Å². The largest absolute Gasteiger partial charge is 0.479 e. The molecule has 0 aromatic carbocycles. The number of amides is 2. The maximum atomic E-state index is 11.4. The Morgan fingerprint density at radius 1 is 1.22 bits per heavy atom. The Morgan fingerprint density at radius 2 is 1.83 bits per heavy atom. The van der Waals surface area contributed by atoms with Crippen LogP contribution in [-0.4, -0.2) is 52.1 Å². The van der Waals surface area contributed by atoms with Gasteiger partial charge in [0.05, 0.1) is 6.10 Å². The fourth-order valence-electron chi connectivity index (χ4n) is 1.90. The number of urea groups is 1. The molecule has 0 bridgehead atoms. The smallest absolute Gasteiger partial charge is 0.332 e. The summed E-state index contributed by atoms with van der Waals surface area (Å²) in [5.74, 6) is -1.29. The Balaban J connectivity index is 2.12. The molecule has 0 unspecified atom stereocenters. The Labute approximate surface area is 105 Å². The first-order valence-electron chi connectivity index (χ1n) is 6.12. The molecule has 1 aliphatic carbocycles. The minimum Gasteiger partial charge on any atom is -0.479 e. The number of nitrogens with one attached hydrogen (secondary N) is 2. The zero-order valence-electron chi connectivity index (χ0n) is 10.1. The van der Waals surface area contributed by atoms with Crippen LogP contribution in [0, 0.1) is 0 Å². The van der Waals surface area contributed by atoms with E-state index in [1.807, 2.05) is 0 Å². The normalized spacial score (nSPS) is 25.2. The number of carboxylic acids is 1. The van der Waals surface area contributed by atoms with Gasteiger partial charge in [0.1, 0.15) is 0 Å². The van der Waals surface area contributed by atoms with Crippen LogP contribution in [0.4, 0.5) is 4.79 Å². The van der Waals surface area contributed by atoms with Crippen molar-refractivity contribution in [2.45, 2.75) is 50.4 Å². The molecule has 0 aromatic rings. The third-order valence-electron chi connectivity index (χ3n) is 3.02. The monoisotopic (exact) mass is 260 g/mol. The average molecular weight is 260 g/mol. The molecule has 1 atom stereocenters. The molecule has 0 heterocycles.